The lowest BCUT2D eigenvalue weighted by Crippen LogP contribution is -2.56. The van der Waals surface area contributed by atoms with Crippen molar-refractivity contribution < 1.29 is 34.4 Å². The number of methoxy groups -OCH3 is 2. The Labute approximate surface area is 170 Å². The smallest absolute Gasteiger partial charge is 0.311 e. The predicted molar refractivity (Wildman–Crippen MR) is 105 cm³/mol. The molecule has 0 amide bonds. The summed E-state index contributed by atoms with van der Waals surface area (Å²) in [5, 5.41) is 32.8. The Morgan fingerprint density at radius 2 is 1.90 bits per heavy atom. The van der Waals surface area contributed by atoms with Gasteiger partial charge in [-0.3, -0.25) is 9.59 Å². The van der Waals surface area contributed by atoms with E-state index < -0.39 is 40.4 Å². The summed E-state index contributed by atoms with van der Waals surface area (Å²) in [6.45, 7) is 5.35. The minimum Gasteiger partial charge on any atom is -0.507 e. The molecule has 1 fully saturated rings. The highest BCUT2D eigenvalue weighted by Crippen LogP contribution is 2.62. The normalized spacial score (nSPS) is 35.7. The number of carbonyl (C=O) groups is 2. The van der Waals surface area contributed by atoms with Crippen molar-refractivity contribution >= 4 is 11.8 Å². The number of ketones is 1. The Kier molecular flexibility index (Phi) is 5.43. The highest BCUT2D eigenvalue weighted by atomic mass is 16.5. The molecule has 1 saturated carbocycles. The van der Waals surface area contributed by atoms with Gasteiger partial charge in [-0.15, -0.1) is 0 Å². The van der Waals surface area contributed by atoms with Crippen LogP contribution in [-0.4, -0.2) is 53.5 Å². The van der Waals surface area contributed by atoms with E-state index >= 15 is 0 Å². The van der Waals surface area contributed by atoms with Gasteiger partial charge < -0.3 is 24.8 Å². The van der Waals surface area contributed by atoms with E-state index in [1.54, 1.807) is 13.8 Å². The van der Waals surface area contributed by atoms with E-state index in [1.807, 2.05) is 6.92 Å². The average molecular weight is 406 g/mol. The molecular formula is C22H30O7. The number of aliphatic hydroxyl groups is 3. The topological polar surface area (TPSA) is 113 Å². The van der Waals surface area contributed by atoms with Gasteiger partial charge in [-0.2, -0.15) is 0 Å². The van der Waals surface area contributed by atoms with Crippen LogP contribution in [0.15, 0.2) is 34.3 Å². The summed E-state index contributed by atoms with van der Waals surface area (Å²) in [7, 11) is 2.82. The van der Waals surface area contributed by atoms with E-state index in [-0.39, 0.29) is 29.4 Å². The Bertz CT molecular complexity index is 836. The van der Waals surface area contributed by atoms with E-state index in [4.69, 9.17) is 9.47 Å². The lowest BCUT2D eigenvalue weighted by Gasteiger charge is -2.55. The monoisotopic (exact) mass is 406 g/mol. The van der Waals surface area contributed by atoms with Gasteiger partial charge >= 0.3 is 5.97 Å². The number of rotatable bonds is 4. The van der Waals surface area contributed by atoms with E-state index in [0.717, 1.165) is 0 Å². The highest BCUT2D eigenvalue weighted by Gasteiger charge is 2.61. The van der Waals surface area contributed by atoms with Crippen molar-refractivity contribution in [3.8, 4) is 0 Å². The third-order valence-electron chi connectivity index (χ3n) is 7.10. The van der Waals surface area contributed by atoms with Crippen LogP contribution in [-0.2, 0) is 19.1 Å². The van der Waals surface area contributed by atoms with Crippen LogP contribution in [0.2, 0.25) is 0 Å². The van der Waals surface area contributed by atoms with Gasteiger partial charge in [0.2, 0.25) is 5.78 Å². The fraction of sp³-hybridized carbons (Fsp3) is 0.636. The second-order valence-electron chi connectivity index (χ2n) is 8.86. The molecule has 0 radical (unpaired) electrons. The van der Waals surface area contributed by atoms with Crippen molar-refractivity contribution in [2.45, 2.75) is 58.7 Å². The third-order valence-corrected chi connectivity index (χ3v) is 7.10. The zero-order valence-corrected chi connectivity index (χ0v) is 17.6. The lowest BCUT2D eigenvalue weighted by atomic mass is 9.48. The van der Waals surface area contributed by atoms with Gasteiger partial charge in [0.1, 0.15) is 5.76 Å². The third kappa shape index (κ3) is 3.02. The Balaban J connectivity index is 2.20. The molecule has 0 aromatic heterocycles. The van der Waals surface area contributed by atoms with Crippen LogP contribution in [0.4, 0.5) is 0 Å². The maximum Gasteiger partial charge on any atom is 0.311 e. The highest BCUT2D eigenvalue weighted by molar-refractivity contribution is 6.10. The first kappa shape index (κ1) is 21.6. The number of allylic oxidation sites excluding steroid dienone is 2. The minimum atomic E-state index is -1.05. The summed E-state index contributed by atoms with van der Waals surface area (Å²) in [6.07, 6.45) is 1.94. The Morgan fingerprint density at radius 3 is 2.48 bits per heavy atom. The number of esters is 1. The second kappa shape index (κ2) is 7.29. The van der Waals surface area contributed by atoms with Crippen molar-refractivity contribution in [1.82, 2.24) is 0 Å². The maximum atomic E-state index is 12.9. The molecule has 7 nitrogen and oxygen atoms in total. The molecule has 5 atom stereocenters. The predicted octanol–water partition coefficient (Wildman–Crippen LogP) is 2.90. The molecule has 3 aliphatic carbocycles. The van der Waals surface area contributed by atoms with Crippen LogP contribution in [0.5, 0.6) is 0 Å². The quantitative estimate of drug-likeness (QED) is 0.615. The van der Waals surface area contributed by atoms with Crippen molar-refractivity contribution in [3.63, 3.8) is 0 Å². The fourth-order valence-corrected chi connectivity index (χ4v) is 5.67. The number of Topliss-reactive ketones (excluding diaryl/α,β-unsaturated/α-hetero) is 1. The molecule has 3 rings (SSSR count). The van der Waals surface area contributed by atoms with Gasteiger partial charge in [0.15, 0.2) is 5.76 Å². The van der Waals surface area contributed by atoms with E-state index in [1.165, 1.54) is 20.3 Å². The number of hydrogen-bond donors (Lipinski definition) is 3. The zero-order valence-electron chi connectivity index (χ0n) is 17.6. The standard InChI is InChI=1S/C22H30O7/c1-11(28-4)9-13-16(24)12-10-14(23)19-21(2,15(12)18(26)17(13)25)7-6-8-22(19,3)20(27)29-5/h10-11,14,19,23-24,26H,6-9H2,1-5H3. The van der Waals surface area contributed by atoms with Crippen LogP contribution in [0.1, 0.15) is 46.5 Å². The summed E-state index contributed by atoms with van der Waals surface area (Å²) in [6, 6.07) is 0. The molecular weight excluding hydrogens is 376 g/mol. The van der Waals surface area contributed by atoms with Crippen LogP contribution in [0, 0.1) is 16.7 Å². The number of aliphatic hydroxyl groups excluding tert-OH is 3. The molecule has 0 aromatic rings. The van der Waals surface area contributed by atoms with Gasteiger partial charge in [-0.05, 0) is 32.8 Å². The lowest BCUT2D eigenvalue weighted by molar-refractivity contribution is -0.167. The first-order chi connectivity index (χ1) is 13.5. The van der Waals surface area contributed by atoms with Crippen molar-refractivity contribution in [3.05, 3.63) is 34.3 Å². The number of hydrogen-bond acceptors (Lipinski definition) is 7. The van der Waals surface area contributed by atoms with Crippen LogP contribution < -0.4 is 0 Å². The number of ether oxygens (including phenoxy) is 2. The van der Waals surface area contributed by atoms with Gasteiger partial charge in [0.25, 0.3) is 0 Å². The first-order valence-electron chi connectivity index (χ1n) is 9.95. The zero-order chi connectivity index (χ0) is 21.7. The van der Waals surface area contributed by atoms with Gasteiger partial charge in [0.05, 0.1) is 24.7 Å². The summed E-state index contributed by atoms with van der Waals surface area (Å²) < 4.78 is 10.2. The molecule has 0 heterocycles. The average Bonchev–Trinajstić information content (AvgIpc) is 2.67. The van der Waals surface area contributed by atoms with Gasteiger partial charge in [-0.1, -0.05) is 13.3 Å². The van der Waals surface area contributed by atoms with Crippen LogP contribution in [0.3, 0.4) is 0 Å². The van der Waals surface area contributed by atoms with E-state index in [2.05, 4.69) is 0 Å². The molecule has 3 aliphatic rings. The van der Waals surface area contributed by atoms with Gasteiger partial charge in [-0.25, -0.2) is 0 Å². The molecule has 0 aromatic carbocycles. The Hall–Kier alpha value is -2.12. The number of carbonyl (C=O) groups excluding carboxylic acids is 2. The molecule has 0 aliphatic heterocycles. The molecule has 5 unspecified atom stereocenters. The van der Waals surface area contributed by atoms with Crippen molar-refractivity contribution in [2.75, 3.05) is 14.2 Å². The molecule has 7 heteroatoms. The number of fused-ring (bicyclic) bond motifs is 3. The summed E-state index contributed by atoms with van der Waals surface area (Å²) in [4.78, 5) is 25.6. The minimum absolute atomic E-state index is 0.0626. The second-order valence-corrected chi connectivity index (χ2v) is 8.86. The largest absolute Gasteiger partial charge is 0.507 e. The molecule has 0 saturated heterocycles. The van der Waals surface area contributed by atoms with Crippen molar-refractivity contribution in [1.29, 1.82) is 0 Å². The van der Waals surface area contributed by atoms with Gasteiger partial charge in [0, 0.05) is 41.6 Å². The Morgan fingerprint density at radius 1 is 1.24 bits per heavy atom. The SMILES string of the molecule is COC(=O)C1(C)CCCC2(C)C3=C(O)C(=O)C(CC(C)OC)=C(O)C3=CC(O)C12. The molecule has 29 heavy (non-hydrogen) atoms. The van der Waals surface area contributed by atoms with E-state index in [9.17, 15) is 24.9 Å². The summed E-state index contributed by atoms with van der Waals surface area (Å²) in [5.41, 5.74) is -1.23. The van der Waals surface area contributed by atoms with E-state index in [0.29, 0.717) is 24.8 Å². The first-order valence-corrected chi connectivity index (χ1v) is 9.95. The van der Waals surface area contributed by atoms with Crippen LogP contribution >= 0.6 is 0 Å². The summed E-state index contributed by atoms with van der Waals surface area (Å²) >= 11 is 0. The molecule has 0 bridgehead atoms. The molecule has 3 N–H and O–H groups in total. The van der Waals surface area contributed by atoms with Crippen LogP contribution in [0.25, 0.3) is 0 Å². The molecule has 160 valence electrons. The molecule has 0 spiro atoms. The maximum absolute atomic E-state index is 12.9. The fourth-order valence-electron chi connectivity index (χ4n) is 5.67. The summed E-state index contributed by atoms with van der Waals surface area (Å²) in [5.74, 6) is -2.34. The van der Waals surface area contributed by atoms with Crippen molar-refractivity contribution in [2.24, 2.45) is 16.7 Å².